The minimum absolute atomic E-state index is 0. The van der Waals surface area contributed by atoms with Gasteiger partial charge in [0.15, 0.2) is 0 Å². The summed E-state index contributed by atoms with van der Waals surface area (Å²) in [4.78, 5) is 0. The molecular formula is C17H26N4O. The molecule has 0 amide bonds. The van der Waals surface area contributed by atoms with Gasteiger partial charge in [0, 0.05) is 23.2 Å². The Labute approximate surface area is 131 Å². The minimum atomic E-state index is 0. The lowest BCUT2D eigenvalue weighted by molar-refractivity contribution is 0.173. The fourth-order valence-electron chi connectivity index (χ4n) is 5.04. The first-order valence-corrected chi connectivity index (χ1v) is 8.12. The normalized spacial score (nSPS) is 31.5. The molecule has 5 nitrogen and oxygen atoms in total. The van der Waals surface area contributed by atoms with E-state index in [0.29, 0.717) is 5.84 Å². The van der Waals surface area contributed by atoms with Crippen LogP contribution in [0.2, 0.25) is 0 Å². The molecule has 0 bridgehead atoms. The predicted octanol–water partition coefficient (Wildman–Crippen LogP) is 1.53. The number of nitrogens with two attached hydrogens (primary N) is 1. The van der Waals surface area contributed by atoms with Crippen molar-refractivity contribution in [3.8, 4) is 0 Å². The smallest absolute Gasteiger partial charge is 0.108 e. The van der Waals surface area contributed by atoms with Crippen molar-refractivity contribution in [2.45, 2.75) is 55.5 Å². The highest BCUT2D eigenvalue weighted by molar-refractivity contribution is 5.84. The van der Waals surface area contributed by atoms with Crippen LogP contribution in [-0.4, -0.2) is 29.4 Å². The Morgan fingerprint density at radius 1 is 1.18 bits per heavy atom. The summed E-state index contributed by atoms with van der Waals surface area (Å²) in [5.74, 6) is 0.293. The zero-order valence-corrected chi connectivity index (χ0v) is 12.9. The van der Waals surface area contributed by atoms with Gasteiger partial charge in [-0.15, -0.1) is 0 Å². The van der Waals surface area contributed by atoms with Crippen molar-refractivity contribution >= 4 is 11.5 Å². The Hall–Kier alpha value is -1.59. The van der Waals surface area contributed by atoms with E-state index in [0.717, 1.165) is 13.0 Å². The van der Waals surface area contributed by atoms with Gasteiger partial charge in [-0.25, -0.2) is 0 Å². The Balaban J connectivity index is 0.00000144. The van der Waals surface area contributed by atoms with Crippen LogP contribution in [0.4, 0.5) is 5.69 Å². The van der Waals surface area contributed by atoms with E-state index in [1.54, 1.807) is 0 Å². The third-order valence-corrected chi connectivity index (χ3v) is 6.02. The summed E-state index contributed by atoms with van der Waals surface area (Å²) < 4.78 is 0. The summed E-state index contributed by atoms with van der Waals surface area (Å²) in [7, 11) is 0. The average molecular weight is 302 g/mol. The van der Waals surface area contributed by atoms with Crippen molar-refractivity contribution in [2.24, 2.45) is 5.73 Å². The number of amidine groups is 1. The summed E-state index contributed by atoms with van der Waals surface area (Å²) >= 11 is 0. The second-order valence-electron chi connectivity index (χ2n) is 6.98. The van der Waals surface area contributed by atoms with Gasteiger partial charge >= 0.3 is 0 Å². The van der Waals surface area contributed by atoms with E-state index < -0.39 is 0 Å². The van der Waals surface area contributed by atoms with Gasteiger partial charge in [0.2, 0.25) is 0 Å². The van der Waals surface area contributed by atoms with E-state index in [1.165, 1.54) is 43.4 Å². The molecule has 1 saturated heterocycles. The van der Waals surface area contributed by atoms with Crippen molar-refractivity contribution in [1.82, 2.24) is 5.32 Å². The highest BCUT2D eigenvalue weighted by atomic mass is 16.0. The van der Waals surface area contributed by atoms with Gasteiger partial charge in [-0.05, 0) is 30.9 Å². The molecule has 0 aromatic heterocycles. The van der Waals surface area contributed by atoms with Crippen molar-refractivity contribution in [1.29, 1.82) is 5.41 Å². The molecule has 2 spiro atoms. The van der Waals surface area contributed by atoms with Gasteiger partial charge < -0.3 is 21.8 Å². The van der Waals surface area contributed by atoms with Gasteiger partial charge in [-0.2, -0.15) is 0 Å². The number of anilines is 1. The average Bonchev–Trinajstić information content (AvgIpc) is 3.02. The van der Waals surface area contributed by atoms with Gasteiger partial charge in [-0.3, -0.25) is 5.41 Å². The molecule has 1 saturated carbocycles. The van der Waals surface area contributed by atoms with Crippen LogP contribution in [0.1, 0.15) is 44.1 Å². The number of hydrogen-bond acceptors (Lipinski definition) is 3. The summed E-state index contributed by atoms with van der Waals surface area (Å²) in [6, 6.07) is 8.72. The molecule has 1 aromatic carbocycles. The lowest BCUT2D eigenvalue weighted by Crippen LogP contribution is -2.57. The molecule has 2 heterocycles. The predicted molar refractivity (Wildman–Crippen MR) is 89.5 cm³/mol. The zero-order chi connectivity index (χ0) is 14.5. The molecule has 4 rings (SSSR count). The molecule has 0 radical (unpaired) electrons. The lowest BCUT2D eigenvalue weighted by atomic mass is 9.61. The second-order valence-corrected chi connectivity index (χ2v) is 6.98. The van der Waals surface area contributed by atoms with Gasteiger partial charge in [0.05, 0.1) is 6.04 Å². The zero-order valence-electron chi connectivity index (χ0n) is 12.9. The van der Waals surface area contributed by atoms with E-state index in [4.69, 9.17) is 11.1 Å². The molecule has 5 heteroatoms. The number of para-hydroxylation sites is 1. The molecule has 2 unspecified atom stereocenters. The molecule has 2 fully saturated rings. The van der Waals surface area contributed by atoms with Crippen molar-refractivity contribution < 1.29 is 5.48 Å². The van der Waals surface area contributed by atoms with Crippen LogP contribution < -0.4 is 16.4 Å². The van der Waals surface area contributed by atoms with Crippen molar-refractivity contribution in [3.05, 3.63) is 29.8 Å². The third-order valence-electron chi connectivity index (χ3n) is 6.02. The van der Waals surface area contributed by atoms with Crippen LogP contribution in [0.3, 0.4) is 0 Å². The molecule has 120 valence electrons. The molecule has 7 N–H and O–H groups in total. The van der Waals surface area contributed by atoms with E-state index in [1.807, 2.05) is 0 Å². The summed E-state index contributed by atoms with van der Waals surface area (Å²) in [6.45, 7) is 0.975. The van der Waals surface area contributed by atoms with Crippen LogP contribution >= 0.6 is 0 Å². The van der Waals surface area contributed by atoms with Crippen LogP contribution in [0, 0.1) is 5.41 Å². The van der Waals surface area contributed by atoms with Gasteiger partial charge in [0.1, 0.15) is 5.84 Å². The number of fused-ring (bicyclic) bond motifs is 3. The first-order valence-electron chi connectivity index (χ1n) is 8.12. The quantitative estimate of drug-likeness (QED) is 0.467. The maximum atomic E-state index is 7.92. The summed E-state index contributed by atoms with van der Waals surface area (Å²) in [5.41, 5.74) is 8.77. The lowest BCUT2D eigenvalue weighted by Gasteiger charge is -2.46. The number of rotatable bonds is 1. The van der Waals surface area contributed by atoms with E-state index in [2.05, 4.69) is 34.9 Å². The Morgan fingerprint density at radius 2 is 1.91 bits per heavy atom. The summed E-state index contributed by atoms with van der Waals surface area (Å²) in [6.07, 6.45) is 7.24. The van der Waals surface area contributed by atoms with Crippen LogP contribution in [0.25, 0.3) is 0 Å². The first-order chi connectivity index (χ1) is 10.2. The van der Waals surface area contributed by atoms with Gasteiger partial charge in [0.25, 0.3) is 0 Å². The molecule has 22 heavy (non-hydrogen) atoms. The standard InChI is InChI=1S/C17H24N4.H2O/c18-15(19)14-10-16(17(21-14)8-4-1-5-9-17)11-20-13-7-3-2-6-12(13)16;/h2-3,6-7,14,20-21H,1,4-5,8-11H2,(H3,18,19);1H2. The van der Waals surface area contributed by atoms with E-state index in [-0.39, 0.29) is 22.5 Å². The van der Waals surface area contributed by atoms with Crippen molar-refractivity contribution in [2.75, 3.05) is 11.9 Å². The third kappa shape index (κ3) is 1.88. The van der Waals surface area contributed by atoms with E-state index in [9.17, 15) is 0 Å². The van der Waals surface area contributed by atoms with Crippen molar-refractivity contribution in [3.63, 3.8) is 0 Å². The number of hydrogen-bond donors (Lipinski definition) is 4. The monoisotopic (exact) mass is 302 g/mol. The molecule has 3 aliphatic rings. The number of benzene rings is 1. The minimum Gasteiger partial charge on any atom is -0.412 e. The molecular weight excluding hydrogens is 276 g/mol. The highest BCUT2D eigenvalue weighted by Gasteiger charge is 2.61. The van der Waals surface area contributed by atoms with Gasteiger partial charge in [-0.1, -0.05) is 37.5 Å². The maximum Gasteiger partial charge on any atom is 0.108 e. The van der Waals surface area contributed by atoms with E-state index >= 15 is 0 Å². The Morgan fingerprint density at radius 3 is 2.64 bits per heavy atom. The molecule has 2 atom stereocenters. The van der Waals surface area contributed by atoms with Crippen LogP contribution in [0.15, 0.2) is 24.3 Å². The Bertz CT molecular complexity index is 582. The SMILES string of the molecule is N=C(N)C1CC2(CNc3ccccc32)C2(CCCCC2)N1.O. The van der Waals surface area contributed by atoms with Crippen LogP contribution in [0.5, 0.6) is 0 Å². The highest BCUT2D eigenvalue weighted by Crippen LogP contribution is 2.55. The Kier molecular flexibility index (Phi) is 3.65. The topological polar surface area (TPSA) is 105 Å². The molecule has 1 aromatic rings. The fraction of sp³-hybridized carbons (Fsp3) is 0.588. The number of nitrogens with one attached hydrogen (secondary N) is 3. The summed E-state index contributed by atoms with van der Waals surface area (Å²) in [5, 5.41) is 15.3. The maximum absolute atomic E-state index is 7.92. The molecule has 2 aliphatic heterocycles. The largest absolute Gasteiger partial charge is 0.412 e. The fourth-order valence-corrected chi connectivity index (χ4v) is 5.04. The first kappa shape index (κ1) is 15.3. The van der Waals surface area contributed by atoms with Crippen LogP contribution in [-0.2, 0) is 5.41 Å². The second kappa shape index (κ2) is 5.25. The molecule has 1 aliphatic carbocycles.